The van der Waals surface area contributed by atoms with E-state index in [1.54, 1.807) is 11.3 Å². The molecule has 2 fully saturated rings. The summed E-state index contributed by atoms with van der Waals surface area (Å²) >= 11 is 3.44. The first-order chi connectivity index (χ1) is 25.1. The van der Waals surface area contributed by atoms with E-state index in [1.807, 2.05) is 53.4 Å². The molecule has 0 spiro atoms. The van der Waals surface area contributed by atoms with Gasteiger partial charge in [0.15, 0.2) is 0 Å². The normalized spacial score (nSPS) is 17.1. The van der Waals surface area contributed by atoms with Crippen molar-refractivity contribution < 1.29 is 31.9 Å². The Bertz CT molecular complexity index is 1700. The number of amides is 1. The maximum Gasteiger partial charge on any atom is 0.373 e. The average molecular weight is 783 g/mol. The molecule has 2 saturated heterocycles. The molecule has 2 aliphatic rings. The lowest BCUT2D eigenvalue weighted by molar-refractivity contribution is -0.191. The van der Waals surface area contributed by atoms with Crippen LogP contribution in [0.3, 0.4) is 0 Å². The Labute approximate surface area is 318 Å². The van der Waals surface area contributed by atoms with Crippen LogP contribution in [0, 0.1) is 46.5 Å². The van der Waals surface area contributed by atoms with Crippen LogP contribution in [0.2, 0.25) is 0 Å². The van der Waals surface area contributed by atoms with Gasteiger partial charge in [-0.2, -0.15) is 9.59 Å². The number of pyridine rings is 1. The van der Waals surface area contributed by atoms with Crippen LogP contribution >= 0.6 is 22.7 Å². The van der Waals surface area contributed by atoms with Gasteiger partial charge >= 0.3 is 6.15 Å². The fourth-order valence-electron chi connectivity index (χ4n) is 7.53. The molecule has 0 saturated carbocycles. The van der Waals surface area contributed by atoms with Gasteiger partial charge in [0.1, 0.15) is 0 Å². The van der Waals surface area contributed by atoms with E-state index in [0.717, 1.165) is 55.6 Å². The maximum atomic E-state index is 12.8. The molecule has 0 unspecified atom stereocenters. The number of halogens is 4. The van der Waals surface area contributed by atoms with Crippen molar-refractivity contribution in [3.05, 3.63) is 76.0 Å². The Morgan fingerprint density at radius 2 is 1.26 bits per heavy atom. The van der Waals surface area contributed by atoms with E-state index in [9.17, 15) is 27.2 Å². The molecule has 14 heteroatoms. The second-order valence-corrected chi connectivity index (χ2v) is 16.2. The number of rotatable bonds is 11. The molecule has 5 rings (SSSR count). The van der Waals surface area contributed by atoms with Crippen molar-refractivity contribution in [2.24, 2.45) is 11.8 Å². The minimum Gasteiger partial charge on any atom is -0.348 e. The summed E-state index contributed by atoms with van der Waals surface area (Å²) in [6, 6.07) is 1.89. The zero-order valence-corrected chi connectivity index (χ0v) is 33.5. The number of carbonyl (C=O) groups is 1. The van der Waals surface area contributed by atoms with E-state index < -0.39 is 12.9 Å². The smallest absolute Gasteiger partial charge is 0.348 e. The molecule has 2 N–H and O–H groups in total. The number of aryl methyl sites for hydroxylation is 3. The van der Waals surface area contributed by atoms with E-state index in [4.69, 9.17) is 9.59 Å². The maximum absolute atomic E-state index is 12.8. The zero-order valence-electron chi connectivity index (χ0n) is 31.8. The van der Waals surface area contributed by atoms with Gasteiger partial charge in [-0.15, -0.1) is 22.7 Å². The lowest BCUT2D eigenvalue weighted by Crippen LogP contribution is -2.38. The number of thiophene rings is 2. The number of hydrogen-bond acceptors (Lipinski definition) is 8. The minimum absolute atomic E-state index is 0.0573. The van der Waals surface area contributed by atoms with Crippen LogP contribution in [-0.4, -0.2) is 79.0 Å². The highest BCUT2D eigenvalue weighted by atomic mass is 32.1. The molecule has 1 amide bonds. The Morgan fingerprint density at radius 3 is 1.68 bits per heavy atom. The standard InChI is InChI=1S/C23H31F2N3O2S.C15H23F2NS.CO2/c1-13-9-14(2)27-23(30)18(13)10-26-22(29)19-12-31-21(16(19)4)15(3)17-5-7-28(8-6-17)11-20(24)25;1-10-9-19-15(11(10)2)12(3)13-4-6-18(7-5-13)8-14(16)17;2-1-3/h9,12,15,17,20H,5-8,10-11H2,1-4H3,(H,26,29)(H,27,30);9,12-14H,4-8H2,1-3H3;/t15-;12-;/m11./s1. The molecule has 2 atom stereocenters. The van der Waals surface area contributed by atoms with Crippen LogP contribution in [0.25, 0.3) is 0 Å². The summed E-state index contributed by atoms with van der Waals surface area (Å²) < 4.78 is 49.9. The molecule has 3 aromatic heterocycles. The summed E-state index contributed by atoms with van der Waals surface area (Å²) in [5, 5.41) is 7.00. The van der Waals surface area contributed by atoms with Gasteiger partial charge in [0.25, 0.3) is 24.3 Å². The predicted octanol–water partition coefficient (Wildman–Crippen LogP) is 8.23. The average Bonchev–Trinajstić information content (AvgIpc) is 3.65. The third-order valence-electron chi connectivity index (χ3n) is 10.9. The monoisotopic (exact) mass is 782 g/mol. The number of piperidine rings is 2. The molecule has 2 aliphatic heterocycles. The molecule has 0 aliphatic carbocycles. The van der Waals surface area contributed by atoms with Gasteiger partial charge in [-0.1, -0.05) is 13.8 Å². The van der Waals surface area contributed by atoms with Crippen LogP contribution in [0.1, 0.15) is 105 Å². The van der Waals surface area contributed by atoms with Gasteiger partial charge in [0, 0.05) is 32.9 Å². The van der Waals surface area contributed by atoms with E-state index in [-0.39, 0.29) is 43.2 Å². The number of aromatic amines is 1. The second kappa shape index (κ2) is 21.1. The molecule has 0 radical (unpaired) electrons. The quantitative estimate of drug-likeness (QED) is 0.190. The van der Waals surface area contributed by atoms with Crippen molar-refractivity contribution in [1.82, 2.24) is 20.1 Å². The van der Waals surface area contributed by atoms with Crippen molar-refractivity contribution in [3.8, 4) is 0 Å². The van der Waals surface area contributed by atoms with Crippen molar-refractivity contribution in [3.63, 3.8) is 0 Å². The van der Waals surface area contributed by atoms with E-state index >= 15 is 0 Å². The molecule has 3 aromatic rings. The lowest BCUT2D eigenvalue weighted by Gasteiger charge is -2.34. The first kappa shape index (κ1) is 44.2. The number of nitrogens with one attached hydrogen (secondary N) is 2. The highest BCUT2D eigenvalue weighted by molar-refractivity contribution is 7.10. The molecular formula is C39H54F4N4O4S2. The van der Waals surface area contributed by atoms with Crippen LogP contribution in [0.15, 0.2) is 21.6 Å². The Kier molecular flexibility index (Phi) is 17.6. The van der Waals surface area contributed by atoms with Crippen LogP contribution < -0.4 is 10.9 Å². The van der Waals surface area contributed by atoms with Gasteiger partial charge in [0.05, 0.1) is 18.7 Å². The molecular weight excluding hydrogens is 729 g/mol. The third-order valence-corrected chi connectivity index (χ3v) is 13.6. The van der Waals surface area contributed by atoms with E-state index in [0.29, 0.717) is 42.0 Å². The van der Waals surface area contributed by atoms with E-state index in [1.165, 1.54) is 20.9 Å². The lowest BCUT2D eigenvalue weighted by atomic mass is 9.83. The zero-order chi connectivity index (χ0) is 39.4. The number of alkyl halides is 4. The summed E-state index contributed by atoms with van der Waals surface area (Å²) in [4.78, 5) is 50.4. The summed E-state index contributed by atoms with van der Waals surface area (Å²) in [6.45, 7) is 17.5. The van der Waals surface area contributed by atoms with Crippen molar-refractivity contribution >= 4 is 34.7 Å². The fourth-order valence-corrected chi connectivity index (χ4v) is 9.98. The Hall–Kier alpha value is -3.16. The first-order valence-corrected chi connectivity index (χ1v) is 19.9. The Balaban J connectivity index is 0.000000293. The van der Waals surface area contributed by atoms with Gasteiger partial charge in [-0.05, 0) is 144 Å². The summed E-state index contributed by atoms with van der Waals surface area (Å²) in [6.07, 6.45) is -0.357. The molecule has 294 valence electrons. The summed E-state index contributed by atoms with van der Waals surface area (Å²) in [5.74, 6) is 1.73. The highest BCUT2D eigenvalue weighted by Crippen LogP contribution is 2.39. The topological polar surface area (TPSA) is 103 Å². The van der Waals surface area contributed by atoms with Crippen LogP contribution in [0.4, 0.5) is 17.6 Å². The minimum atomic E-state index is -2.28. The van der Waals surface area contributed by atoms with Gasteiger partial charge in [-0.3, -0.25) is 19.4 Å². The van der Waals surface area contributed by atoms with Gasteiger partial charge < -0.3 is 10.3 Å². The van der Waals surface area contributed by atoms with Crippen molar-refractivity contribution in [2.45, 2.75) is 105 Å². The summed E-state index contributed by atoms with van der Waals surface area (Å²) in [5.41, 5.74) is 6.46. The number of carbonyl (C=O) groups excluding carboxylic acids is 3. The SMILES string of the molecule is Cc1cc(C)c(CNC(=O)c2csc([C@H](C)C3CCN(CC(F)F)CC3)c2C)c(=O)[nH]1.Cc1csc([C@H](C)C2CCN(CC(F)F)CC2)c1C.O=C=O. The third kappa shape index (κ3) is 12.7. The molecule has 53 heavy (non-hydrogen) atoms. The number of nitrogens with zero attached hydrogens (tertiary/aromatic N) is 2. The van der Waals surface area contributed by atoms with Crippen LogP contribution in [0.5, 0.6) is 0 Å². The molecule has 5 heterocycles. The predicted molar refractivity (Wildman–Crippen MR) is 203 cm³/mol. The first-order valence-electron chi connectivity index (χ1n) is 18.2. The number of aromatic nitrogens is 1. The largest absolute Gasteiger partial charge is 0.373 e. The highest BCUT2D eigenvalue weighted by Gasteiger charge is 2.30. The number of likely N-dealkylation sites (tertiary alicyclic amines) is 2. The van der Waals surface area contributed by atoms with Crippen molar-refractivity contribution in [2.75, 3.05) is 39.3 Å². The second-order valence-electron chi connectivity index (χ2n) is 14.4. The van der Waals surface area contributed by atoms with Crippen molar-refractivity contribution in [1.29, 1.82) is 0 Å². The molecule has 0 aromatic carbocycles. The van der Waals surface area contributed by atoms with E-state index in [2.05, 4.69) is 43.4 Å². The van der Waals surface area contributed by atoms with Crippen LogP contribution in [-0.2, 0) is 16.1 Å². The molecule has 0 bridgehead atoms. The number of H-pyrrole nitrogens is 1. The fraction of sp³-hybridized carbons (Fsp3) is 0.615. The molecule has 8 nitrogen and oxygen atoms in total. The van der Waals surface area contributed by atoms with Gasteiger partial charge in [-0.25, -0.2) is 17.6 Å². The van der Waals surface area contributed by atoms with Gasteiger partial charge in [0.2, 0.25) is 0 Å². The number of hydrogen-bond donors (Lipinski definition) is 2. The summed E-state index contributed by atoms with van der Waals surface area (Å²) in [7, 11) is 0. The Morgan fingerprint density at radius 1 is 0.811 bits per heavy atom.